The molecule has 116 valence electrons. The Labute approximate surface area is 130 Å². The Hall–Kier alpha value is -3.22. The molecule has 0 bridgehead atoms. The zero-order valence-corrected chi connectivity index (χ0v) is 12.1. The Morgan fingerprint density at radius 2 is 2.00 bits per heavy atom. The van der Waals surface area contributed by atoms with E-state index in [1.54, 1.807) is 37.4 Å². The van der Waals surface area contributed by atoms with Gasteiger partial charge in [-0.15, -0.1) is 5.10 Å². The van der Waals surface area contributed by atoms with Crippen LogP contribution in [-0.4, -0.2) is 23.2 Å². The number of nitrogens with zero attached hydrogens (tertiary/aromatic N) is 2. The quantitative estimate of drug-likeness (QED) is 0.800. The van der Waals surface area contributed by atoms with Crippen LogP contribution in [0, 0.1) is 5.82 Å². The third kappa shape index (κ3) is 3.18. The van der Waals surface area contributed by atoms with Crippen LogP contribution in [0.15, 0.2) is 52.9 Å². The van der Waals surface area contributed by atoms with Crippen molar-refractivity contribution in [3.05, 3.63) is 59.9 Å². The molecule has 0 saturated carbocycles. The van der Waals surface area contributed by atoms with Crippen molar-refractivity contribution in [2.45, 2.75) is 0 Å². The van der Waals surface area contributed by atoms with Gasteiger partial charge in [-0.25, -0.2) is 4.39 Å². The van der Waals surface area contributed by atoms with E-state index in [-0.39, 0.29) is 17.5 Å². The first-order valence-corrected chi connectivity index (χ1v) is 6.71. The lowest BCUT2D eigenvalue weighted by molar-refractivity contribution is 0.102. The number of halogens is 1. The minimum Gasteiger partial charge on any atom is -0.497 e. The van der Waals surface area contributed by atoms with Crippen LogP contribution in [-0.2, 0) is 0 Å². The molecule has 0 spiro atoms. The van der Waals surface area contributed by atoms with Gasteiger partial charge in [0.1, 0.15) is 11.6 Å². The van der Waals surface area contributed by atoms with Crippen LogP contribution in [0.1, 0.15) is 10.4 Å². The Morgan fingerprint density at radius 1 is 1.17 bits per heavy atom. The summed E-state index contributed by atoms with van der Waals surface area (Å²) in [6.45, 7) is 0. The third-order valence-electron chi connectivity index (χ3n) is 3.08. The largest absolute Gasteiger partial charge is 0.497 e. The van der Waals surface area contributed by atoms with Gasteiger partial charge in [0.2, 0.25) is 5.89 Å². The first-order valence-electron chi connectivity index (χ1n) is 6.71. The highest BCUT2D eigenvalue weighted by atomic mass is 19.1. The van der Waals surface area contributed by atoms with E-state index < -0.39 is 11.7 Å². The maximum atomic E-state index is 13.6. The van der Waals surface area contributed by atoms with Crippen LogP contribution in [0.25, 0.3) is 11.5 Å². The summed E-state index contributed by atoms with van der Waals surface area (Å²) in [5, 5.41) is 9.95. The van der Waals surface area contributed by atoms with Crippen molar-refractivity contribution in [3.63, 3.8) is 0 Å². The van der Waals surface area contributed by atoms with E-state index in [0.717, 1.165) is 0 Å². The number of amides is 1. The van der Waals surface area contributed by atoms with Crippen molar-refractivity contribution in [1.82, 2.24) is 10.2 Å². The fourth-order valence-corrected chi connectivity index (χ4v) is 1.96. The molecule has 0 atom stereocenters. The molecule has 3 rings (SSSR count). The first kappa shape index (κ1) is 14.7. The van der Waals surface area contributed by atoms with Gasteiger partial charge in [-0.2, -0.15) is 0 Å². The molecular weight excluding hydrogens is 301 g/mol. The summed E-state index contributed by atoms with van der Waals surface area (Å²) in [6.07, 6.45) is 0. The van der Waals surface area contributed by atoms with Crippen LogP contribution in [0.3, 0.4) is 0 Å². The fourth-order valence-electron chi connectivity index (χ4n) is 1.96. The van der Waals surface area contributed by atoms with Crippen LogP contribution in [0.2, 0.25) is 0 Å². The minimum absolute atomic E-state index is 0.103. The predicted molar refractivity (Wildman–Crippen MR) is 80.6 cm³/mol. The van der Waals surface area contributed by atoms with Crippen LogP contribution >= 0.6 is 0 Å². The summed E-state index contributed by atoms with van der Waals surface area (Å²) in [5.74, 6) is -0.438. The smallest absolute Gasteiger partial charge is 0.322 e. The number of hydrogen-bond acceptors (Lipinski definition) is 5. The first-order chi connectivity index (χ1) is 11.2. The van der Waals surface area contributed by atoms with Gasteiger partial charge in [-0.05, 0) is 30.3 Å². The Kier molecular flexibility index (Phi) is 4.01. The van der Waals surface area contributed by atoms with E-state index in [4.69, 9.17) is 9.15 Å². The maximum Gasteiger partial charge on any atom is 0.322 e. The predicted octanol–water partition coefficient (Wildman–Crippen LogP) is 3.14. The second kappa shape index (κ2) is 6.27. The normalized spacial score (nSPS) is 10.3. The average molecular weight is 313 g/mol. The summed E-state index contributed by atoms with van der Waals surface area (Å²) in [4.78, 5) is 12.0. The number of carbonyl (C=O) groups is 1. The number of benzene rings is 2. The maximum absolute atomic E-state index is 13.6. The van der Waals surface area contributed by atoms with E-state index in [2.05, 4.69) is 15.5 Å². The molecule has 7 heteroatoms. The fraction of sp³-hybridized carbons (Fsp3) is 0.0625. The van der Waals surface area contributed by atoms with Gasteiger partial charge in [0.25, 0.3) is 5.91 Å². The van der Waals surface area contributed by atoms with Crippen molar-refractivity contribution in [2.24, 2.45) is 0 Å². The standard InChI is InChI=1S/C16H12FN3O3/c1-22-11-6-4-5-10(9-11)15-19-20-16(23-15)18-14(21)12-7-2-3-8-13(12)17/h2-9H,1H3,(H,18,20,21). The van der Waals surface area contributed by atoms with E-state index >= 15 is 0 Å². The Morgan fingerprint density at radius 3 is 2.78 bits per heavy atom. The molecule has 1 N–H and O–H groups in total. The molecule has 6 nitrogen and oxygen atoms in total. The summed E-state index contributed by atoms with van der Waals surface area (Å²) < 4.78 is 24.0. The van der Waals surface area contributed by atoms with E-state index in [0.29, 0.717) is 11.3 Å². The topological polar surface area (TPSA) is 77.3 Å². The van der Waals surface area contributed by atoms with Crippen molar-refractivity contribution < 1.29 is 18.3 Å². The van der Waals surface area contributed by atoms with Crippen molar-refractivity contribution in [1.29, 1.82) is 0 Å². The molecule has 1 amide bonds. The van der Waals surface area contributed by atoms with E-state index in [9.17, 15) is 9.18 Å². The molecule has 0 aliphatic heterocycles. The third-order valence-corrected chi connectivity index (χ3v) is 3.08. The van der Waals surface area contributed by atoms with E-state index in [1.807, 2.05) is 0 Å². The highest BCUT2D eigenvalue weighted by Crippen LogP contribution is 2.24. The van der Waals surface area contributed by atoms with Gasteiger partial charge in [0, 0.05) is 5.56 Å². The SMILES string of the molecule is COc1cccc(-c2nnc(NC(=O)c3ccccc3F)o2)c1. The Balaban J connectivity index is 1.79. The highest BCUT2D eigenvalue weighted by molar-refractivity contribution is 6.03. The second-order valence-corrected chi connectivity index (χ2v) is 4.58. The van der Waals surface area contributed by atoms with Gasteiger partial charge in [0.05, 0.1) is 12.7 Å². The lowest BCUT2D eigenvalue weighted by Crippen LogP contribution is -2.13. The zero-order valence-electron chi connectivity index (χ0n) is 12.1. The lowest BCUT2D eigenvalue weighted by atomic mass is 10.2. The number of anilines is 1. The number of methoxy groups -OCH3 is 1. The lowest BCUT2D eigenvalue weighted by Gasteiger charge is -2.02. The number of hydrogen-bond donors (Lipinski definition) is 1. The molecule has 2 aromatic carbocycles. The summed E-state index contributed by atoms with van der Waals surface area (Å²) in [7, 11) is 1.55. The molecule has 1 aromatic heterocycles. The molecule has 0 saturated heterocycles. The number of carbonyl (C=O) groups excluding carboxylic acids is 1. The molecule has 3 aromatic rings. The van der Waals surface area contributed by atoms with Gasteiger partial charge in [0.15, 0.2) is 0 Å². The summed E-state index contributed by atoms with van der Waals surface area (Å²) >= 11 is 0. The molecular formula is C16H12FN3O3. The number of ether oxygens (including phenoxy) is 1. The molecule has 0 aliphatic rings. The molecule has 0 fully saturated rings. The highest BCUT2D eigenvalue weighted by Gasteiger charge is 2.15. The second-order valence-electron chi connectivity index (χ2n) is 4.58. The van der Waals surface area contributed by atoms with Gasteiger partial charge < -0.3 is 9.15 Å². The monoisotopic (exact) mass is 313 g/mol. The minimum atomic E-state index is -0.663. The molecule has 0 radical (unpaired) electrons. The average Bonchev–Trinajstić information content (AvgIpc) is 3.03. The Bertz CT molecular complexity index is 848. The van der Waals surface area contributed by atoms with Gasteiger partial charge >= 0.3 is 6.01 Å². The van der Waals surface area contributed by atoms with Gasteiger partial charge in [-0.1, -0.05) is 23.3 Å². The van der Waals surface area contributed by atoms with Crippen LogP contribution in [0.4, 0.5) is 10.4 Å². The van der Waals surface area contributed by atoms with Crippen LogP contribution in [0.5, 0.6) is 5.75 Å². The number of rotatable bonds is 4. The molecule has 0 aliphatic carbocycles. The molecule has 1 heterocycles. The van der Waals surface area contributed by atoms with Crippen LogP contribution < -0.4 is 10.1 Å². The molecule has 0 unspecified atom stereocenters. The number of aromatic nitrogens is 2. The molecule has 23 heavy (non-hydrogen) atoms. The van der Waals surface area contributed by atoms with Crippen molar-refractivity contribution in [3.8, 4) is 17.2 Å². The number of nitrogens with one attached hydrogen (secondary N) is 1. The van der Waals surface area contributed by atoms with E-state index in [1.165, 1.54) is 18.2 Å². The van der Waals surface area contributed by atoms with Crippen molar-refractivity contribution >= 4 is 11.9 Å². The summed E-state index contributed by atoms with van der Waals surface area (Å²) in [6, 6.07) is 12.5. The zero-order chi connectivity index (χ0) is 16.2. The van der Waals surface area contributed by atoms with Crippen molar-refractivity contribution in [2.75, 3.05) is 12.4 Å². The van der Waals surface area contributed by atoms with Gasteiger partial charge in [-0.3, -0.25) is 10.1 Å². The summed E-state index contributed by atoms with van der Waals surface area (Å²) in [5.41, 5.74) is 0.539.